The highest BCUT2D eigenvalue weighted by atomic mass is 35.5. The Morgan fingerprint density at radius 3 is 3.12 bits per heavy atom. The van der Waals surface area contributed by atoms with Crippen LogP contribution in [0.25, 0.3) is 0 Å². The Balaban J connectivity index is 2.06. The zero-order valence-electron chi connectivity index (χ0n) is 9.42. The predicted molar refractivity (Wildman–Crippen MR) is 66.4 cm³/mol. The molecule has 0 bridgehead atoms. The van der Waals surface area contributed by atoms with Crippen LogP contribution >= 0.6 is 11.6 Å². The van der Waals surface area contributed by atoms with Crippen molar-refractivity contribution in [3.63, 3.8) is 0 Å². The van der Waals surface area contributed by atoms with E-state index in [0.717, 1.165) is 11.4 Å². The molecule has 1 aromatic carbocycles. The van der Waals surface area contributed by atoms with Crippen molar-refractivity contribution in [1.29, 1.82) is 0 Å². The first kappa shape index (κ1) is 10.9. The molecule has 1 aromatic rings. The second kappa shape index (κ2) is 3.62. The minimum atomic E-state index is -0.522. The van der Waals surface area contributed by atoms with E-state index in [9.17, 15) is 4.79 Å². The number of benzene rings is 1. The molecule has 0 radical (unpaired) electrons. The average Bonchev–Trinajstić information content (AvgIpc) is 2.61. The molecule has 5 heteroatoms. The van der Waals surface area contributed by atoms with Crippen LogP contribution in [-0.2, 0) is 9.53 Å². The van der Waals surface area contributed by atoms with E-state index >= 15 is 0 Å². The number of nitrogens with one attached hydrogen (secondary N) is 2. The molecule has 17 heavy (non-hydrogen) atoms. The van der Waals surface area contributed by atoms with Gasteiger partial charge in [-0.05, 0) is 25.1 Å². The number of hydrogen-bond donors (Lipinski definition) is 2. The second-order valence-corrected chi connectivity index (χ2v) is 5.21. The maximum atomic E-state index is 12.2. The number of hydrogen-bond acceptors (Lipinski definition) is 3. The van der Waals surface area contributed by atoms with E-state index in [1.807, 2.05) is 19.1 Å². The summed E-state index contributed by atoms with van der Waals surface area (Å²) in [5.74, 6) is -0.00595. The van der Waals surface area contributed by atoms with Gasteiger partial charge in [-0.2, -0.15) is 0 Å². The summed E-state index contributed by atoms with van der Waals surface area (Å²) in [6, 6.07) is 5.39. The monoisotopic (exact) mass is 252 g/mol. The van der Waals surface area contributed by atoms with E-state index in [2.05, 4.69) is 10.6 Å². The molecule has 90 valence electrons. The molecular formula is C12H13ClN2O2. The lowest BCUT2D eigenvalue weighted by Crippen LogP contribution is -2.44. The normalized spacial score (nSPS) is 30.9. The molecule has 0 saturated carbocycles. The molecule has 3 rings (SSSR count). The maximum absolute atomic E-state index is 12.2. The summed E-state index contributed by atoms with van der Waals surface area (Å²) in [5.41, 5.74) is 1.10. The van der Waals surface area contributed by atoms with Crippen LogP contribution in [0.15, 0.2) is 18.2 Å². The van der Waals surface area contributed by atoms with Crippen molar-refractivity contribution >= 4 is 28.9 Å². The molecule has 1 saturated heterocycles. The van der Waals surface area contributed by atoms with Crippen LogP contribution in [0.4, 0.5) is 11.4 Å². The highest BCUT2D eigenvalue weighted by molar-refractivity contribution is 6.31. The number of anilines is 2. The first-order chi connectivity index (χ1) is 8.09. The molecule has 0 aromatic heterocycles. The fourth-order valence-electron chi connectivity index (χ4n) is 2.30. The van der Waals surface area contributed by atoms with Gasteiger partial charge in [0.1, 0.15) is 0 Å². The maximum Gasteiger partial charge on any atom is 0.234 e. The summed E-state index contributed by atoms with van der Waals surface area (Å²) < 4.78 is 5.41. The molecule has 4 nitrogen and oxygen atoms in total. The number of carbonyl (C=O) groups excluding carboxylic acids is 1. The fraction of sp³-hybridized carbons (Fsp3) is 0.417. The Morgan fingerprint density at radius 1 is 1.47 bits per heavy atom. The number of halogens is 1. The minimum Gasteiger partial charge on any atom is -0.378 e. The van der Waals surface area contributed by atoms with Crippen molar-refractivity contribution in [2.45, 2.75) is 13.0 Å². The van der Waals surface area contributed by atoms with Crippen LogP contribution in [-0.4, -0.2) is 25.2 Å². The van der Waals surface area contributed by atoms with Gasteiger partial charge < -0.3 is 15.4 Å². The molecule has 0 aliphatic carbocycles. The molecule has 1 fully saturated rings. The van der Waals surface area contributed by atoms with Crippen molar-refractivity contribution in [3.05, 3.63) is 23.2 Å². The number of fused-ring (bicyclic) bond motifs is 2. The molecule has 2 aliphatic heterocycles. The number of carbonyl (C=O) groups is 1. The smallest absolute Gasteiger partial charge is 0.234 e. The lowest BCUT2D eigenvalue weighted by atomic mass is 9.84. The van der Waals surface area contributed by atoms with Crippen molar-refractivity contribution in [1.82, 2.24) is 0 Å². The lowest BCUT2D eigenvalue weighted by Gasteiger charge is -2.25. The highest BCUT2D eigenvalue weighted by Crippen LogP contribution is 2.38. The number of amides is 1. The van der Waals surface area contributed by atoms with Gasteiger partial charge in [0.05, 0.1) is 36.0 Å². The second-order valence-electron chi connectivity index (χ2n) is 4.77. The van der Waals surface area contributed by atoms with Crippen LogP contribution in [0.1, 0.15) is 6.92 Å². The largest absolute Gasteiger partial charge is 0.378 e. The van der Waals surface area contributed by atoms with Gasteiger partial charge in [0, 0.05) is 5.02 Å². The molecule has 2 aliphatic rings. The van der Waals surface area contributed by atoms with Crippen LogP contribution in [0.5, 0.6) is 0 Å². The van der Waals surface area contributed by atoms with E-state index in [0.29, 0.717) is 18.2 Å². The van der Waals surface area contributed by atoms with Crippen LogP contribution in [0, 0.1) is 5.41 Å². The average molecular weight is 253 g/mol. The molecule has 0 spiro atoms. The van der Waals surface area contributed by atoms with Gasteiger partial charge in [0.25, 0.3) is 0 Å². The molecule has 2 atom stereocenters. The van der Waals surface area contributed by atoms with Crippen molar-refractivity contribution in [2.75, 3.05) is 23.8 Å². The van der Waals surface area contributed by atoms with Crippen LogP contribution < -0.4 is 10.6 Å². The van der Waals surface area contributed by atoms with E-state index in [1.54, 1.807) is 6.07 Å². The molecular weight excluding hydrogens is 240 g/mol. The van der Waals surface area contributed by atoms with Gasteiger partial charge in [-0.3, -0.25) is 4.79 Å². The Bertz CT molecular complexity index is 491. The summed E-state index contributed by atoms with van der Waals surface area (Å²) in [5, 5.41) is 6.91. The van der Waals surface area contributed by atoms with Crippen molar-refractivity contribution < 1.29 is 9.53 Å². The quantitative estimate of drug-likeness (QED) is 0.744. The molecule has 2 heterocycles. The Hall–Kier alpha value is -1.26. The third-order valence-electron chi connectivity index (χ3n) is 3.53. The third-order valence-corrected chi connectivity index (χ3v) is 3.77. The van der Waals surface area contributed by atoms with E-state index < -0.39 is 5.41 Å². The van der Waals surface area contributed by atoms with Gasteiger partial charge >= 0.3 is 0 Å². The van der Waals surface area contributed by atoms with Crippen molar-refractivity contribution in [3.8, 4) is 0 Å². The molecule has 2 unspecified atom stereocenters. The third kappa shape index (κ3) is 1.59. The summed E-state index contributed by atoms with van der Waals surface area (Å²) in [4.78, 5) is 12.2. The van der Waals surface area contributed by atoms with Gasteiger partial charge in [0.15, 0.2) is 0 Å². The van der Waals surface area contributed by atoms with Gasteiger partial charge in [0.2, 0.25) is 5.91 Å². The molecule has 2 N–H and O–H groups in total. The summed E-state index contributed by atoms with van der Waals surface area (Å²) >= 11 is 5.96. The lowest BCUT2D eigenvalue weighted by molar-refractivity contribution is -0.124. The minimum absolute atomic E-state index is 0.00595. The van der Waals surface area contributed by atoms with Crippen molar-refractivity contribution in [2.24, 2.45) is 5.41 Å². The van der Waals surface area contributed by atoms with Crippen LogP contribution in [0.3, 0.4) is 0 Å². The van der Waals surface area contributed by atoms with Gasteiger partial charge in [-0.15, -0.1) is 0 Å². The standard InChI is InChI=1S/C12H13ClN2O2/c1-12-6-17-5-10(12)14-9-4-7(13)2-3-8(9)15-11(12)16/h2-4,10,14H,5-6H2,1H3,(H,15,16). The summed E-state index contributed by atoms with van der Waals surface area (Å²) in [6.45, 7) is 2.90. The van der Waals surface area contributed by atoms with Crippen LogP contribution in [0.2, 0.25) is 5.02 Å². The summed E-state index contributed by atoms with van der Waals surface area (Å²) in [6.07, 6.45) is 0. The molecule has 1 amide bonds. The number of ether oxygens (including phenoxy) is 1. The number of rotatable bonds is 0. The van der Waals surface area contributed by atoms with E-state index in [4.69, 9.17) is 16.3 Å². The summed E-state index contributed by atoms with van der Waals surface area (Å²) in [7, 11) is 0. The Kier molecular flexibility index (Phi) is 2.31. The first-order valence-electron chi connectivity index (χ1n) is 5.55. The van der Waals surface area contributed by atoms with E-state index in [1.165, 1.54) is 0 Å². The fourth-order valence-corrected chi connectivity index (χ4v) is 2.47. The zero-order valence-corrected chi connectivity index (χ0v) is 10.2. The van der Waals surface area contributed by atoms with Gasteiger partial charge in [-0.25, -0.2) is 0 Å². The van der Waals surface area contributed by atoms with Gasteiger partial charge in [-0.1, -0.05) is 11.6 Å². The Labute approximate surface area is 104 Å². The van der Waals surface area contributed by atoms with E-state index in [-0.39, 0.29) is 11.9 Å². The predicted octanol–water partition coefficient (Wildman–Crippen LogP) is 2.11. The topological polar surface area (TPSA) is 50.4 Å². The Morgan fingerprint density at radius 2 is 2.29 bits per heavy atom. The first-order valence-corrected chi connectivity index (χ1v) is 5.93. The highest BCUT2D eigenvalue weighted by Gasteiger charge is 2.48. The SMILES string of the molecule is CC12COCC1Nc1cc(Cl)ccc1NC2=O. The zero-order chi connectivity index (χ0) is 12.0.